The molecule has 6 nitrogen and oxygen atoms in total. The van der Waals surface area contributed by atoms with Crippen molar-refractivity contribution in [1.82, 2.24) is 20.1 Å². The van der Waals surface area contributed by atoms with Gasteiger partial charge < -0.3 is 15.0 Å². The summed E-state index contributed by atoms with van der Waals surface area (Å²) in [4.78, 5) is 21.9. The number of rotatable bonds is 7. The summed E-state index contributed by atoms with van der Waals surface area (Å²) in [7, 11) is 1.66. The standard InChI is InChI=1S/C14H24N4O2S/c1-12-16-9-13(21-12)11-17-4-6-18(7-5-17)14(19)10-15-3-8-20-2/h9,15H,3-8,10-11H2,1-2H3. The van der Waals surface area contributed by atoms with E-state index in [1.54, 1.807) is 18.4 Å². The average molecular weight is 312 g/mol. The van der Waals surface area contributed by atoms with E-state index in [1.807, 2.05) is 18.0 Å². The summed E-state index contributed by atoms with van der Waals surface area (Å²) in [6.45, 7) is 8.20. The fraction of sp³-hybridized carbons (Fsp3) is 0.714. The smallest absolute Gasteiger partial charge is 0.236 e. The first-order chi connectivity index (χ1) is 10.2. The van der Waals surface area contributed by atoms with Gasteiger partial charge in [0.25, 0.3) is 0 Å². The predicted molar refractivity (Wildman–Crippen MR) is 83.5 cm³/mol. The second-order valence-corrected chi connectivity index (χ2v) is 6.49. The van der Waals surface area contributed by atoms with Crippen molar-refractivity contribution in [2.75, 3.05) is 53.0 Å². The van der Waals surface area contributed by atoms with Crippen LogP contribution >= 0.6 is 11.3 Å². The van der Waals surface area contributed by atoms with Gasteiger partial charge in [-0.2, -0.15) is 0 Å². The monoisotopic (exact) mass is 312 g/mol. The molecule has 2 rings (SSSR count). The summed E-state index contributed by atoms with van der Waals surface area (Å²) in [5.74, 6) is 0.180. The SMILES string of the molecule is COCCNCC(=O)N1CCN(Cc2cnc(C)s2)CC1. The number of hydrogen-bond donors (Lipinski definition) is 1. The minimum atomic E-state index is 0.180. The number of nitrogens with zero attached hydrogens (tertiary/aromatic N) is 3. The summed E-state index contributed by atoms with van der Waals surface area (Å²) in [6.07, 6.45) is 1.96. The molecule has 0 atom stereocenters. The number of carbonyl (C=O) groups is 1. The first kappa shape index (κ1) is 16.4. The summed E-state index contributed by atoms with van der Waals surface area (Å²) in [5, 5.41) is 4.21. The maximum atomic E-state index is 12.0. The molecule has 118 valence electrons. The van der Waals surface area contributed by atoms with Crippen LogP contribution in [0.4, 0.5) is 0 Å². The minimum absolute atomic E-state index is 0.180. The van der Waals surface area contributed by atoms with Crippen molar-refractivity contribution >= 4 is 17.2 Å². The Morgan fingerprint density at radius 2 is 2.19 bits per heavy atom. The molecule has 0 radical (unpaired) electrons. The van der Waals surface area contributed by atoms with Crippen molar-refractivity contribution in [1.29, 1.82) is 0 Å². The largest absolute Gasteiger partial charge is 0.383 e. The molecule has 1 aromatic rings. The number of ether oxygens (including phenoxy) is 1. The molecule has 0 unspecified atom stereocenters. The zero-order chi connectivity index (χ0) is 15.1. The van der Waals surface area contributed by atoms with Crippen LogP contribution in [0.5, 0.6) is 0 Å². The quantitative estimate of drug-likeness (QED) is 0.736. The zero-order valence-electron chi connectivity index (χ0n) is 12.8. The molecule has 21 heavy (non-hydrogen) atoms. The number of carbonyl (C=O) groups excluding carboxylic acids is 1. The van der Waals surface area contributed by atoms with Crippen molar-refractivity contribution in [3.05, 3.63) is 16.1 Å². The topological polar surface area (TPSA) is 57.7 Å². The van der Waals surface area contributed by atoms with Gasteiger partial charge in [-0.1, -0.05) is 0 Å². The Hall–Kier alpha value is -1.02. The molecule has 7 heteroatoms. The lowest BCUT2D eigenvalue weighted by Crippen LogP contribution is -2.50. The predicted octanol–water partition coefficient (Wildman–Crippen LogP) is 0.332. The second-order valence-electron chi connectivity index (χ2n) is 5.17. The van der Waals surface area contributed by atoms with Crippen LogP contribution in [0.3, 0.4) is 0 Å². The molecule has 1 fully saturated rings. The maximum Gasteiger partial charge on any atom is 0.236 e. The number of thiazole rings is 1. The number of piperazine rings is 1. The van der Waals surface area contributed by atoms with Gasteiger partial charge in [0.15, 0.2) is 0 Å². The molecule has 0 spiro atoms. The van der Waals surface area contributed by atoms with E-state index in [0.29, 0.717) is 19.7 Å². The van der Waals surface area contributed by atoms with Gasteiger partial charge in [-0.3, -0.25) is 9.69 Å². The molecule has 1 saturated heterocycles. The minimum Gasteiger partial charge on any atom is -0.383 e. The third-order valence-corrected chi connectivity index (χ3v) is 4.43. The van der Waals surface area contributed by atoms with E-state index in [0.717, 1.165) is 37.7 Å². The summed E-state index contributed by atoms with van der Waals surface area (Å²) >= 11 is 1.75. The third-order valence-electron chi connectivity index (χ3n) is 3.53. The Morgan fingerprint density at radius 3 is 2.81 bits per heavy atom. The molecule has 0 aliphatic carbocycles. The van der Waals surface area contributed by atoms with Crippen LogP contribution in [-0.4, -0.2) is 73.7 Å². The summed E-state index contributed by atoms with van der Waals surface area (Å²) in [5.41, 5.74) is 0. The van der Waals surface area contributed by atoms with E-state index in [2.05, 4.69) is 15.2 Å². The highest BCUT2D eigenvalue weighted by Gasteiger charge is 2.21. The van der Waals surface area contributed by atoms with Crippen molar-refractivity contribution < 1.29 is 9.53 Å². The fourth-order valence-electron chi connectivity index (χ4n) is 2.34. The van der Waals surface area contributed by atoms with E-state index in [9.17, 15) is 4.79 Å². The van der Waals surface area contributed by atoms with Gasteiger partial charge in [0.2, 0.25) is 5.91 Å². The Morgan fingerprint density at radius 1 is 1.43 bits per heavy atom. The number of hydrogen-bond acceptors (Lipinski definition) is 6. The van der Waals surface area contributed by atoms with Crippen LogP contribution in [-0.2, 0) is 16.1 Å². The Bertz CT molecular complexity index is 444. The van der Waals surface area contributed by atoms with E-state index in [1.165, 1.54) is 4.88 Å². The van der Waals surface area contributed by atoms with Crippen LogP contribution in [0, 0.1) is 6.92 Å². The maximum absolute atomic E-state index is 12.0. The Kier molecular flexibility index (Phi) is 6.56. The van der Waals surface area contributed by atoms with E-state index in [-0.39, 0.29) is 5.91 Å². The zero-order valence-corrected chi connectivity index (χ0v) is 13.6. The van der Waals surface area contributed by atoms with E-state index in [4.69, 9.17) is 4.74 Å². The average Bonchev–Trinajstić information content (AvgIpc) is 2.89. The van der Waals surface area contributed by atoms with Gasteiger partial charge in [0, 0.05) is 57.5 Å². The number of nitrogens with one attached hydrogen (secondary N) is 1. The molecule has 0 saturated carbocycles. The lowest BCUT2D eigenvalue weighted by atomic mass is 10.3. The van der Waals surface area contributed by atoms with Gasteiger partial charge in [0.1, 0.15) is 0 Å². The summed E-state index contributed by atoms with van der Waals surface area (Å²) < 4.78 is 4.94. The van der Waals surface area contributed by atoms with Gasteiger partial charge >= 0.3 is 0 Å². The van der Waals surface area contributed by atoms with E-state index < -0.39 is 0 Å². The van der Waals surface area contributed by atoms with Crippen molar-refractivity contribution in [2.24, 2.45) is 0 Å². The van der Waals surface area contributed by atoms with Crippen LogP contribution in [0.15, 0.2) is 6.20 Å². The molecule has 1 aliphatic heterocycles. The molecule has 0 aromatic carbocycles. The number of amides is 1. The first-order valence-corrected chi connectivity index (χ1v) is 8.12. The molecular weight excluding hydrogens is 288 g/mol. The van der Waals surface area contributed by atoms with Gasteiger partial charge in [-0.05, 0) is 6.92 Å². The first-order valence-electron chi connectivity index (χ1n) is 7.30. The summed E-state index contributed by atoms with van der Waals surface area (Å²) in [6, 6.07) is 0. The Balaban J connectivity index is 1.66. The van der Waals surface area contributed by atoms with Crippen LogP contribution in [0.2, 0.25) is 0 Å². The molecule has 2 heterocycles. The van der Waals surface area contributed by atoms with E-state index >= 15 is 0 Å². The lowest BCUT2D eigenvalue weighted by Gasteiger charge is -2.34. The van der Waals surface area contributed by atoms with Gasteiger partial charge in [-0.25, -0.2) is 4.98 Å². The highest BCUT2D eigenvalue weighted by molar-refractivity contribution is 7.11. The number of aryl methyl sites for hydroxylation is 1. The van der Waals surface area contributed by atoms with Gasteiger partial charge in [-0.15, -0.1) is 11.3 Å². The van der Waals surface area contributed by atoms with Crippen LogP contribution in [0.25, 0.3) is 0 Å². The number of methoxy groups -OCH3 is 1. The number of aromatic nitrogens is 1. The molecular formula is C14H24N4O2S. The fourth-order valence-corrected chi connectivity index (χ4v) is 3.17. The van der Waals surface area contributed by atoms with Gasteiger partial charge in [0.05, 0.1) is 18.2 Å². The molecule has 0 bridgehead atoms. The highest BCUT2D eigenvalue weighted by atomic mass is 32.1. The van der Waals surface area contributed by atoms with Crippen molar-refractivity contribution in [2.45, 2.75) is 13.5 Å². The second kappa shape index (κ2) is 8.43. The normalized spacial score (nSPS) is 16.4. The van der Waals surface area contributed by atoms with Crippen molar-refractivity contribution in [3.8, 4) is 0 Å². The Labute approximate surface area is 130 Å². The molecule has 1 N–H and O–H groups in total. The van der Waals surface area contributed by atoms with Crippen molar-refractivity contribution in [3.63, 3.8) is 0 Å². The van der Waals surface area contributed by atoms with Crippen LogP contribution < -0.4 is 5.32 Å². The lowest BCUT2D eigenvalue weighted by molar-refractivity contribution is -0.132. The highest BCUT2D eigenvalue weighted by Crippen LogP contribution is 2.15. The third kappa shape index (κ3) is 5.35. The molecule has 1 aliphatic rings. The molecule has 1 aromatic heterocycles. The van der Waals surface area contributed by atoms with Crippen LogP contribution in [0.1, 0.15) is 9.88 Å². The molecule has 1 amide bonds.